The number of benzene rings is 3. The number of ether oxygens (including phenoxy) is 2. The molecule has 0 saturated heterocycles. The molecule has 3 unspecified atom stereocenters. The van der Waals surface area contributed by atoms with Crippen LogP contribution in [0.1, 0.15) is 26.2 Å². The van der Waals surface area contributed by atoms with Gasteiger partial charge in [-0.3, -0.25) is 14.7 Å². The van der Waals surface area contributed by atoms with Crippen molar-refractivity contribution in [3.8, 4) is 18.2 Å². The van der Waals surface area contributed by atoms with Crippen LogP contribution in [0.2, 0.25) is 0 Å². The first-order valence-corrected chi connectivity index (χ1v) is 21.7. The molecular formula is C42H34Cl2N12O2S3. The van der Waals surface area contributed by atoms with Gasteiger partial charge < -0.3 is 9.47 Å². The molecule has 0 bridgehead atoms. The Morgan fingerprint density at radius 1 is 0.607 bits per heavy atom. The second-order valence-corrected chi connectivity index (χ2v) is 16.7. The summed E-state index contributed by atoms with van der Waals surface area (Å²) in [5.41, 5.74) is 3.60. The highest BCUT2D eigenvalue weighted by Gasteiger charge is 2.31. The number of nitrogens with zero attached hydrogens (tertiary/aromatic N) is 12. The molecule has 3 aliphatic heterocycles. The number of fused-ring (bicyclic) bond motifs is 3. The highest BCUT2D eigenvalue weighted by molar-refractivity contribution is 7.23. The van der Waals surface area contributed by atoms with E-state index in [9.17, 15) is 0 Å². The highest BCUT2D eigenvalue weighted by Crippen LogP contribution is 2.36. The Kier molecular flexibility index (Phi) is 13.9. The van der Waals surface area contributed by atoms with E-state index >= 15 is 0 Å². The number of allylic oxidation sites excluding steroid dienone is 1. The monoisotopic (exact) mass is 904 g/mol. The van der Waals surface area contributed by atoms with Crippen LogP contribution in [0.25, 0.3) is 30.6 Å². The number of aromatic nitrogens is 3. The molecule has 6 heterocycles. The Hall–Kier alpha value is -6.39. The predicted molar refractivity (Wildman–Crippen MR) is 247 cm³/mol. The molecule has 0 saturated carbocycles. The second kappa shape index (κ2) is 19.8. The summed E-state index contributed by atoms with van der Waals surface area (Å²) < 4.78 is 13.8. The van der Waals surface area contributed by atoms with E-state index in [1.165, 1.54) is 11.3 Å². The standard InChI is InChI=1S/C15H14N4O2S.C14H11ClN4S.C13H9ClN4S/c1-20-13-9-10(7-8-16)19(14(18-13)21-2)15-17-11-5-3-4-6-12(11)22-15;1-9-8-10(6-7-16)19(13(15)17-9)14-18-11-4-2-3-5-12(11)20-14;14-12-16-8-6-9(5-7-15)18(12)13-17-10-3-1-2-4-11(10)19-13/h3-6,9-10H,7H2,1-2H3;2-5,8,10H,6H2,1H3;1-4,6,8-9H,5H2. The molecular weight excluding hydrogens is 872 g/mol. The van der Waals surface area contributed by atoms with Gasteiger partial charge in [-0.2, -0.15) is 20.8 Å². The van der Waals surface area contributed by atoms with Crippen LogP contribution in [0.3, 0.4) is 0 Å². The third-order valence-corrected chi connectivity index (χ3v) is 12.7. The summed E-state index contributed by atoms with van der Waals surface area (Å²) >= 11 is 17.0. The lowest BCUT2D eigenvalue weighted by Crippen LogP contribution is -2.42. The van der Waals surface area contributed by atoms with Gasteiger partial charge in [0.2, 0.25) is 16.5 Å². The average molecular weight is 906 g/mol. The predicted octanol–water partition coefficient (Wildman–Crippen LogP) is 10.3. The first-order valence-electron chi connectivity index (χ1n) is 18.5. The van der Waals surface area contributed by atoms with Gasteiger partial charge in [-0.25, -0.2) is 24.9 Å². The van der Waals surface area contributed by atoms with E-state index in [-0.39, 0.29) is 24.5 Å². The average Bonchev–Trinajstić information content (AvgIpc) is 4.01. The van der Waals surface area contributed by atoms with Crippen molar-refractivity contribution in [2.75, 3.05) is 28.9 Å². The van der Waals surface area contributed by atoms with Crippen molar-refractivity contribution in [1.29, 1.82) is 15.8 Å². The minimum Gasteiger partial charge on any atom is -0.481 e. The molecule has 0 radical (unpaired) electrons. The third kappa shape index (κ3) is 9.66. The van der Waals surface area contributed by atoms with E-state index in [0.29, 0.717) is 35.3 Å². The van der Waals surface area contributed by atoms with Crippen LogP contribution in [-0.2, 0) is 9.47 Å². The molecule has 61 heavy (non-hydrogen) atoms. The van der Waals surface area contributed by atoms with Crippen LogP contribution in [-0.4, -0.2) is 63.9 Å². The van der Waals surface area contributed by atoms with Crippen LogP contribution in [0.4, 0.5) is 15.4 Å². The molecule has 0 spiro atoms. The molecule has 3 atom stereocenters. The van der Waals surface area contributed by atoms with Gasteiger partial charge in [0.05, 0.1) is 100 Å². The number of nitriles is 3. The molecule has 306 valence electrons. The molecule has 19 heteroatoms. The summed E-state index contributed by atoms with van der Waals surface area (Å²) in [4.78, 5) is 31.9. The smallest absolute Gasteiger partial charge is 0.302 e. The number of amidine groups is 3. The quantitative estimate of drug-likeness (QED) is 0.139. The molecule has 0 aliphatic carbocycles. The van der Waals surface area contributed by atoms with Gasteiger partial charge in [0, 0.05) is 18.0 Å². The fraction of sp³-hybridized carbons (Fsp3) is 0.214. The third-order valence-electron chi connectivity index (χ3n) is 9.09. The van der Waals surface area contributed by atoms with E-state index < -0.39 is 0 Å². The normalized spacial score (nSPS) is 18.2. The number of hydrogen-bond acceptors (Lipinski definition) is 17. The summed E-state index contributed by atoms with van der Waals surface area (Å²) in [6.07, 6.45) is 8.22. The number of methoxy groups -OCH3 is 2. The minimum absolute atomic E-state index is 0.115. The molecule has 3 aliphatic rings. The number of anilines is 3. The van der Waals surface area contributed by atoms with Gasteiger partial charge in [0.1, 0.15) is 0 Å². The number of para-hydroxylation sites is 3. The lowest BCUT2D eigenvalue weighted by atomic mass is 10.1. The first-order chi connectivity index (χ1) is 29.7. The van der Waals surface area contributed by atoms with Crippen molar-refractivity contribution in [1.82, 2.24) is 15.0 Å². The van der Waals surface area contributed by atoms with Gasteiger partial charge in [0.15, 0.2) is 15.4 Å². The van der Waals surface area contributed by atoms with E-state index in [1.807, 2.05) is 102 Å². The molecule has 9 rings (SSSR count). The zero-order valence-electron chi connectivity index (χ0n) is 32.8. The van der Waals surface area contributed by atoms with Gasteiger partial charge in [-0.05, 0) is 78.7 Å². The summed E-state index contributed by atoms with van der Waals surface area (Å²) in [7, 11) is 3.08. The largest absolute Gasteiger partial charge is 0.481 e. The summed E-state index contributed by atoms with van der Waals surface area (Å²) in [5.74, 6) is 0.439. The molecule has 6 aromatic rings. The second-order valence-electron chi connectivity index (χ2n) is 13.0. The fourth-order valence-electron chi connectivity index (χ4n) is 6.33. The number of halogens is 2. The van der Waals surface area contributed by atoms with Crippen LogP contribution in [0, 0.1) is 34.0 Å². The lowest BCUT2D eigenvalue weighted by molar-refractivity contribution is 0.276. The zero-order chi connectivity index (χ0) is 42.9. The Bertz CT molecular complexity index is 2780. The van der Waals surface area contributed by atoms with E-state index in [1.54, 1.807) is 54.1 Å². The molecule has 0 N–H and O–H groups in total. The van der Waals surface area contributed by atoms with E-state index in [0.717, 1.165) is 51.7 Å². The molecule has 3 aromatic carbocycles. The molecule has 3 aromatic heterocycles. The first kappa shape index (κ1) is 42.7. The maximum atomic E-state index is 9.10. The highest BCUT2D eigenvalue weighted by atomic mass is 35.5. The Labute approximate surface area is 373 Å². The number of thiazole rings is 3. The molecule has 0 amide bonds. The van der Waals surface area contributed by atoms with E-state index in [2.05, 4.69) is 48.1 Å². The van der Waals surface area contributed by atoms with Crippen molar-refractivity contribution in [3.05, 3.63) is 109 Å². The van der Waals surface area contributed by atoms with Crippen LogP contribution < -0.4 is 14.7 Å². The van der Waals surface area contributed by atoms with Crippen molar-refractivity contribution >= 4 is 120 Å². The fourth-order valence-corrected chi connectivity index (χ4v) is 10.1. The van der Waals surface area contributed by atoms with Gasteiger partial charge in [-0.15, -0.1) is 0 Å². The number of aliphatic imine (C=N–C) groups is 3. The Morgan fingerprint density at radius 3 is 1.54 bits per heavy atom. The van der Waals surface area contributed by atoms with Gasteiger partial charge in [-0.1, -0.05) is 70.4 Å². The SMILES string of the molecule is CC1=CC(CC#N)N(c2nc3ccccc3s2)C(Cl)=N1.COC1=CC(CC#N)N(c2nc3ccccc3s2)C(OC)=N1.N#CCC1C=CN=C(Cl)N1c1nc2ccccc2s1. The zero-order valence-corrected chi connectivity index (χ0v) is 36.7. The van der Waals surface area contributed by atoms with Crippen molar-refractivity contribution in [3.63, 3.8) is 0 Å². The van der Waals surface area contributed by atoms with Crippen molar-refractivity contribution in [2.24, 2.45) is 15.0 Å². The van der Waals surface area contributed by atoms with Crippen molar-refractivity contribution in [2.45, 2.75) is 44.3 Å². The Morgan fingerprint density at radius 2 is 1.07 bits per heavy atom. The lowest BCUT2D eigenvalue weighted by Gasteiger charge is -2.30. The van der Waals surface area contributed by atoms with Gasteiger partial charge in [0.25, 0.3) is 0 Å². The number of rotatable bonds is 7. The summed E-state index contributed by atoms with van der Waals surface area (Å²) in [6.45, 7) is 1.88. The Balaban J connectivity index is 0.000000138. The van der Waals surface area contributed by atoms with E-state index in [4.69, 9.17) is 48.5 Å². The van der Waals surface area contributed by atoms with Crippen molar-refractivity contribution < 1.29 is 9.47 Å². The van der Waals surface area contributed by atoms with Gasteiger partial charge >= 0.3 is 6.02 Å². The molecule has 0 fully saturated rings. The van der Waals surface area contributed by atoms with Crippen LogP contribution >= 0.6 is 57.2 Å². The number of hydrogen-bond donors (Lipinski definition) is 0. The minimum atomic E-state index is -0.229. The topological polar surface area (TPSA) is 175 Å². The van der Waals surface area contributed by atoms with Crippen LogP contribution in [0.15, 0.2) is 124 Å². The maximum Gasteiger partial charge on any atom is 0.302 e. The van der Waals surface area contributed by atoms with Crippen LogP contribution in [0.5, 0.6) is 0 Å². The maximum absolute atomic E-state index is 9.10. The summed E-state index contributed by atoms with van der Waals surface area (Å²) in [6, 6.07) is 30.1. The molecule has 14 nitrogen and oxygen atoms in total. The summed E-state index contributed by atoms with van der Waals surface area (Å²) in [5, 5.41) is 30.0.